The van der Waals surface area contributed by atoms with Gasteiger partial charge in [-0.25, -0.2) is 0 Å². The van der Waals surface area contributed by atoms with E-state index < -0.39 is 0 Å². The smallest absolute Gasteiger partial charge is 0.293 e. The molecule has 2 aromatic heterocycles. The summed E-state index contributed by atoms with van der Waals surface area (Å²) in [5.74, 6) is 0.670. The molecule has 0 aliphatic carbocycles. The SMILES string of the molecule is CCc1ccc(C(=O)Nc2nnc(N)s2)o1. The van der Waals surface area contributed by atoms with E-state index in [0.717, 1.165) is 23.5 Å². The molecule has 0 saturated carbocycles. The van der Waals surface area contributed by atoms with Crippen molar-refractivity contribution in [2.75, 3.05) is 11.1 Å². The Bertz CT molecular complexity index is 505. The van der Waals surface area contributed by atoms with Gasteiger partial charge in [0.1, 0.15) is 5.76 Å². The number of aromatic nitrogens is 2. The van der Waals surface area contributed by atoms with Crippen molar-refractivity contribution >= 4 is 27.5 Å². The number of nitrogen functional groups attached to an aromatic ring is 1. The monoisotopic (exact) mass is 238 g/mol. The van der Waals surface area contributed by atoms with Crippen molar-refractivity contribution in [1.29, 1.82) is 0 Å². The number of nitrogens with two attached hydrogens (primary N) is 1. The van der Waals surface area contributed by atoms with E-state index in [1.165, 1.54) is 0 Å². The molecule has 2 heterocycles. The number of hydrogen-bond acceptors (Lipinski definition) is 6. The fourth-order valence-electron chi connectivity index (χ4n) is 1.13. The van der Waals surface area contributed by atoms with Crippen molar-refractivity contribution in [2.45, 2.75) is 13.3 Å². The van der Waals surface area contributed by atoms with Crippen molar-refractivity contribution in [3.05, 3.63) is 23.7 Å². The zero-order valence-corrected chi connectivity index (χ0v) is 9.37. The molecule has 16 heavy (non-hydrogen) atoms. The molecule has 0 atom stereocenters. The number of anilines is 2. The maximum absolute atomic E-state index is 11.6. The van der Waals surface area contributed by atoms with Crippen LogP contribution in [0.1, 0.15) is 23.2 Å². The highest BCUT2D eigenvalue weighted by Gasteiger charge is 2.12. The molecule has 2 rings (SSSR count). The summed E-state index contributed by atoms with van der Waals surface area (Å²) < 4.78 is 5.29. The van der Waals surface area contributed by atoms with Crippen LogP contribution >= 0.6 is 11.3 Å². The summed E-state index contributed by atoms with van der Waals surface area (Å²) in [5.41, 5.74) is 5.39. The minimum Gasteiger partial charge on any atom is -0.456 e. The predicted octanol–water partition coefficient (Wildman–Crippen LogP) is 1.53. The Morgan fingerprint density at radius 2 is 2.38 bits per heavy atom. The molecule has 7 heteroatoms. The van der Waals surface area contributed by atoms with E-state index in [1.807, 2.05) is 6.92 Å². The Morgan fingerprint density at radius 1 is 1.56 bits per heavy atom. The van der Waals surface area contributed by atoms with E-state index in [-0.39, 0.29) is 11.7 Å². The molecule has 0 aromatic carbocycles. The minimum atomic E-state index is -0.351. The Kier molecular flexibility index (Phi) is 2.86. The molecule has 0 unspecified atom stereocenters. The number of furan rings is 1. The molecular formula is C9H10N4O2S. The molecule has 84 valence electrons. The van der Waals surface area contributed by atoms with E-state index in [2.05, 4.69) is 15.5 Å². The van der Waals surface area contributed by atoms with Crippen molar-refractivity contribution < 1.29 is 9.21 Å². The van der Waals surface area contributed by atoms with Gasteiger partial charge in [-0.2, -0.15) is 0 Å². The molecule has 0 radical (unpaired) electrons. The van der Waals surface area contributed by atoms with Crippen molar-refractivity contribution in [2.24, 2.45) is 0 Å². The van der Waals surface area contributed by atoms with E-state index in [4.69, 9.17) is 10.2 Å². The van der Waals surface area contributed by atoms with Gasteiger partial charge in [-0.15, -0.1) is 10.2 Å². The maximum atomic E-state index is 11.6. The Labute approximate surface area is 95.5 Å². The summed E-state index contributed by atoms with van der Waals surface area (Å²) in [6.07, 6.45) is 0.749. The van der Waals surface area contributed by atoms with Crippen molar-refractivity contribution in [3.63, 3.8) is 0 Å². The first kappa shape index (κ1) is 10.6. The molecule has 2 aromatic rings. The quantitative estimate of drug-likeness (QED) is 0.845. The van der Waals surface area contributed by atoms with Gasteiger partial charge >= 0.3 is 0 Å². The minimum absolute atomic E-state index is 0.255. The standard InChI is InChI=1S/C9H10N4O2S/c1-2-5-3-4-6(15-5)7(14)11-9-13-12-8(10)16-9/h3-4H,2H2,1H3,(H2,10,12)(H,11,13,14). The number of hydrogen-bond donors (Lipinski definition) is 2. The maximum Gasteiger partial charge on any atom is 0.293 e. The molecule has 1 amide bonds. The summed E-state index contributed by atoms with van der Waals surface area (Å²) in [4.78, 5) is 11.6. The summed E-state index contributed by atoms with van der Waals surface area (Å²) in [7, 11) is 0. The lowest BCUT2D eigenvalue weighted by Gasteiger charge is -1.96. The van der Waals surface area contributed by atoms with Gasteiger partial charge in [0, 0.05) is 6.42 Å². The van der Waals surface area contributed by atoms with Gasteiger partial charge in [-0.05, 0) is 12.1 Å². The molecule has 0 aliphatic heterocycles. The van der Waals surface area contributed by atoms with Gasteiger partial charge in [-0.3, -0.25) is 10.1 Å². The van der Waals surface area contributed by atoms with Gasteiger partial charge < -0.3 is 10.2 Å². The first-order valence-electron chi connectivity index (χ1n) is 4.68. The van der Waals surface area contributed by atoms with Crippen LogP contribution in [0.4, 0.5) is 10.3 Å². The number of nitrogens with one attached hydrogen (secondary N) is 1. The van der Waals surface area contributed by atoms with Crippen molar-refractivity contribution in [3.8, 4) is 0 Å². The van der Waals surface area contributed by atoms with E-state index >= 15 is 0 Å². The second kappa shape index (κ2) is 4.31. The topological polar surface area (TPSA) is 94.0 Å². The largest absolute Gasteiger partial charge is 0.456 e. The number of nitrogens with zero attached hydrogens (tertiary/aromatic N) is 2. The summed E-state index contributed by atoms with van der Waals surface area (Å²) in [5, 5.41) is 10.5. The zero-order valence-electron chi connectivity index (χ0n) is 8.56. The number of carbonyl (C=O) groups excluding carboxylic acids is 1. The molecule has 0 fully saturated rings. The van der Waals surface area contributed by atoms with E-state index in [9.17, 15) is 4.79 Å². The van der Waals surface area contributed by atoms with Gasteiger partial charge in [0.15, 0.2) is 5.76 Å². The van der Waals surface area contributed by atoms with Gasteiger partial charge in [0.2, 0.25) is 10.3 Å². The fraction of sp³-hybridized carbons (Fsp3) is 0.222. The third-order valence-corrected chi connectivity index (χ3v) is 2.56. The van der Waals surface area contributed by atoms with Crippen LogP contribution in [0.25, 0.3) is 0 Å². The molecule has 0 bridgehead atoms. The van der Waals surface area contributed by atoms with Crippen molar-refractivity contribution in [1.82, 2.24) is 10.2 Å². The summed E-state index contributed by atoms with van der Waals surface area (Å²) in [6, 6.07) is 3.39. The van der Waals surface area contributed by atoms with Crippen LogP contribution in [0.3, 0.4) is 0 Å². The van der Waals surface area contributed by atoms with Crippen LogP contribution < -0.4 is 11.1 Å². The van der Waals surface area contributed by atoms with Gasteiger partial charge in [0.25, 0.3) is 5.91 Å². The summed E-state index contributed by atoms with van der Waals surface area (Å²) in [6.45, 7) is 1.95. The fourth-order valence-corrected chi connectivity index (χ4v) is 1.64. The second-order valence-electron chi connectivity index (χ2n) is 3.02. The zero-order chi connectivity index (χ0) is 11.5. The van der Waals surface area contributed by atoms with E-state index in [1.54, 1.807) is 12.1 Å². The first-order valence-corrected chi connectivity index (χ1v) is 5.49. The van der Waals surface area contributed by atoms with Crippen LogP contribution in [-0.4, -0.2) is 16.1 Å². The Hall–Kier alpha value is -1.89. The molecular weight excluding hydrogens is 228 g/mol. The molecule has 0 spiro atoms. The third-order valence-electron chi connectivity index (χ3n) is 1.89. The lowest BCUT2D eigenvalue weighted by atomic mass is 10.3. The molecule has 3 N–H and O–H groups in total. The third kappa shape index (κ3) is 2.19. The number of amides is 1. The highest BCUT2D eigenvalue weighted by Crippen LogP contribution is 2.18. The normalized spacial score (nSPS) is 10.3. The Morgan fingerprint density at radius 3 is 2.94 bits per heavy atom. The van der Waals surface area contributed by atoms with Crippen LogP contribution in [0, 0.1) is 0 Å². The highest BCUT2D eigenvalue weighted by atomic mass is 32.1. The van der Waals surface area contributed by atoms with E-state index in [0.29, 0.717) is 10.3 Å². The average molecular weight is 238 g/mol. The molecule has 0 saturated heterocycles. The first-order chi connectivity index (χ1) is 7.69. The molecule has 0 aliphatic rings. The lowest BCUT2D eigenvalue weighted by molar-refractivity contribution is 0.0995. The van der Waals surface area contributed by atoms with Gasteiger partial charge in [0.05, 0.1) is 0 Å². The number of carbonyl (C=O) groups is 1. The highest BCUT2D eigenvalue weighted by molar-refractivity contribution is 7.19. The number of rotatable bonds is 3. The average Bonchev–Trinajstić information content (AvgIpc) is 2.87. The Balaban J connectivity index is 2.08. The lowest BCUT2D eigenvalue weighted by Crippen LogP contribution is -2.10. The van der Waals surface area contributed by atoms with Crippen LogP contribution in [0.2, 0.25) is 0 Å². The summed E-state index contributed by atoms with van der Waals surface area (Å²) >= 11 is 1.11. The second-order valence-corrected chi connectivity index (χ2v) is 4.03. The van der Waals surface area contributed by atoms with Crippen LogP contribution in [-0.2, 0) is 6.42 Å². The predicted molar refractivity (Wildman–Crippen MR) is 60.4 cm³/mol. The number of aryl methyl sites for hydroxylation is 1. The van der Waals surface area contributed by atoms with Crippen LogP contribution in [0.5, 0.6) is 0 Å². The van der Waals surface area contributed by atoms with Crippen LogP contribution in [0.15, 0.2) is 16.5 Å². The molecule has 6 nitrogen and oxygen atoms in total. The van der Waals surface area contributed by atoms with Gasteiger partial charge in [-0.1, -0.05) is 18.3 Å².